The summed E-state index contributed by atoms with van der Waals surface area (Å²) in [6, 6.07) is 7.12. The molecule has 0 N–H and O–H groups in total. The third-order valence-corrected chi connectivity index (χ3v) is 3.40. The van der Waals surface area contributed by atoms with E-state index in [0.717, 1.165) is 18.8 Å². The second-order valence-corrected chi connectivity index (χ2v) is 4.87. The largest absolute Gasteiger partial charge is 0.768 e. The molecule has 84 valence electrons. The molecule has 0 spiro atoms. The second kappa shape index (κ2) is 6.03. The van der Waals surface area contributed by atoms with Gasteiger partial charge in [0.25, 0.3) is 0 Å². The lowest BCUT2D eigenvalue weighted by atomic mass is 9.99. The van der Waals surface area contributed by atoms with Crippen molar-refractivity contribution in [3.05, 3.63) is 29.8 Å². The van der Waals surface area contributed by atoms with Crippen molar-refractivity contribution in [3.8, 4) is 0 Å². The Labute approximate surface area is 94.0 Å². The van der Waals surface area contributed by atoms with Crippen molar-refractivity contribution in [1.82, 2.24) is 0 Å². The van der Waals surface area contributed by atoms with Crippen LogP contribution in [0.25, 0.3) is 0 Å². The molecule has 0 radical (unpaired) electrons. The summed E-state index contributed by atoms with van der Waals surface area (Å²) in [7, 11) is 0. The van der Waals surface area contributed by atoms with E-state index in [1.165, 1.54) is 12.0 Å². The van der Waals surface area contributed by atoms with Crippen molar-refractivity contribution in [3.63, 3.8) is 0 Å². The molecule has 0 aliphatic rings. The van der Waals surface area contributed by atoms with E-state index in [1.807, 2.05) is 12.1 Å². The molecule has 0 saturated heterocycles. The van der Waals surface area contributed by atoms with Crippen LogP contribution in [0.3, 0.4) is 0 Å². The van der Waals surface area contributed by atoms with Gasteiger partial charge in [-0.15, -0.1) is 0 Å². The van der Waals surface area contributed by atoms with Crippen molar-refractivity contribution in [1.29, 1.82) is 0 Å². The van der Waals surface area contributed by atoms with Crippen LogP contribution in [0.2, 0.25) is 0 Å². The van der Waals surface area contributed by atoms with E-state index < -0.39 is 11.1 Å². The Balaban J connectivity index is 2.53. The standard InChI is InChI=1S/C12H18O2S/c1-3-10(2)4-5-11-6-8-12(9-7-11)15(13)14/h6-10H,3-5H2,1-2H3,(H,13,14)/p-1. The second-order valence-electron chi connectivity index (χ2n) is 3.93. The van der Waals surface area contributed by atoms with Crippen molar-refractivity contribution < 1.29 is 8.76 Å². The molecule has 0 aliphatic heterocycles. The highest BCUT2D eigenvalue weighted by atomic mass is 32.2. The van der Waals surface area contributed by atoms with Crippen LogP contribution in [0.1, 0.15) is 32.3 Å². The van der Waals surface area contributed by atoms with E-state index in [-0.39, 0.29) is 0 Å². The Hall–Kier alpha value is -0.670. The molecule has 0 aliphatic carbocycles. The first-order valence-corrected chi connectivity index (χ1v) is 6.39. The van der Waals surface area contributed by atoms with Gasteiger partial charge in [0.2, 0.25) is 0 Å². The van der Waals surface area contributed by atoms with Crippen LogP contribution in [0.4, 0.5) is 0 Å². The minimum atomic E-state index is -2.10. The Morgan fingerprint density at radius 1 is 1.33 bits per heavy atom. The zero-order valence-corrected chi connectivity index (χ0v) is 10.0. The fourth-order valence-electron chi connectivity index (χ4n) is 1.38. The van der Waals surface area contributed by atoms with E-state index in [4.69, 9.17) is 0 Å². The van der Waals surface area contributed by atoms with Gasteiger partial charge in [-0.3, -0.25) is 4.21 Å². The summed E-state index contributed by atoms with van der Waals surface area (Å²) in [4.78, 5) is 0.363. The van der Waals surface area contributed by atoms with E-state index in [9.17, 15) is 8.76 Å². The Kier molecular flexibility index (Phi) is 4.99. The normalized spacial score (nSPS) is 14.9. The van der Waals surface area contributed by atoms with Crippen LogP contribution in [0.5, 0.6) is 0 Å². The molecular weight excluding hydrogens is 208 g/mol. The van der Waals surface area contributed by atoms with Crippen molar-refractivity contribution >= 4 is 11.1 Å². The number of benzene rings is 1. The molecule has 1 aromatic rings. The van der Waals surface area contributed by atoms with Crippen LogP contribution in [0, 0.1) is 5.92 Å². The molecule has 0 saturated carbocycles. The van der Waals surface area contributed by atoms with Crippen LogP contribution in [0.15, 0.2) is 29.2 Å². The van der Waals surface area contributed by atoms with Crippen LogP contribution in [-0.2, 0) is 17.5 Å². The Bertz CT molecular complexity index is 319. The molecular formula is C12H17O2S-. The summed E-state index contributed by atoms with van der Waals surface area (Å²) in [5.41, 5.74) is 1.21. The number of aryl methyl sites for hydroxylation is 1. The van der Waals surface area contributed by atoms with Gasteiger partial charge < -0.3 is 4.55 Å². The molecule has 0 fully saturated rings. The van der Waals surface area contributed by atoms with Gasteiger partial charge in [-0.05, 0) is 47.5 Å². The van der Waals surface area contributed by atoms with Gasteiger partial charge >= 0.3 is 0 Å². The maximum atomic E-state index is 10.6. The SMILES string of the molecule is CCC(C)CCc1ccc(S(=O)[O-])cc1. The van der Waals surface area contributed by atoms with Gasteiger partial charge in [0.1, 0.15) is 0 Å². The topological polar surface area (TPSA) is 40.1 Å². The van der Waals surface area contributed by atoms with E-state index in [1.54, 1.807) is 12.1 Å². The van der Waals surface area contributed by atoms with E-state index >= 15 is 0 Å². The highest BCUT2D eigenvalue weighted by Crippen LogP contribution is 2.13. The van der Waals surface area contributed by atoms with Gasteiger partial charge in [0.15, 0.2) is 0 Å². The predicted octanol–water partition coefficient (Wildman–Crippen LogP) is 2.90. The fraction of sp³-hybridized carbons (Fsp3) is 0.500. The predicted molar refractivity (Wildman–Crippen MR) is 61.4 cm³/mol. The van der Waals surface area contributed by atoms with Gasteiger partial charge in [-0.1, -0.05) is 32.4 Å². The monoisotopic (exact) mass is 225 g/mol. The van der Waals surface area contributed by atoms with Crippen LogP contribution in [-0.4, -0.2) is 8.76 Å². The first-order valence-electron chi connectivity index (χ1n) is 5.31. The Morgan fingerprint density at radius 3 is 2.40 bits per heavy atom. The van der Waals surface area contributed by atoms with Crippen LogP contribution >= 0.6 is 0 Å². The summed E-state index contributed by atoms with van der Waals surface area (Å²) >= 11 is -2.10. The summed E-state index contributed by atoms with van der Waals surface area (Å²) < 4.78 is 21.2. The van der Waals surface area contributed by atoms with Crippen molar-refractivity contribution in [2.45, 2.75) is 38.0 Å². The highest BCUT2D eigenvalue weighted by Gasteiger charge is 2.00. The molecule has 2 nitrogen and oxygen atoms in total. The lowest BCUT2D eigenvalue weighted by Gasteiger charge is -2.09. The van der Waals surface area contributed by atoms with Gasteiger partial charge in [-0.2, -0.15) is 0 Å². The summed E-state index contributed by atoms with van der Waals surface area (Å²) in [6.07, 6.45) is 3.39. The van der Waals surface area contributed by atoms with E-state index in [2.05, 4.69) is 13.8 Å². The zero-order chi connectivity index (χ0) is 11.3. The summed E-state index contributed by atoms with van der Waals surface area (Å²) in [5, 5.41) is 0. The molecule has 1 rings (SSSR count). The minimum Gasteiger partial charge on any atom is -0.768 e. The first-order chi connectivity index (χ1) is 7.13. The average molecular weight is 225 g/mol. The number of hydrogen-bond donors (Lipinski definition) is 0. The summed E-state index contributed by atoms with van der Waals surface area (Å²) in [5.74, 6) is 0.735. The molecule has 3 heteroatoms. The van der Waals surface area contributed by atoms with Gasteiger partial charge in [-0.25, -0.2) is 0 Å². The first kappa shape index (κ1) is 12.4. The smallest absolute Gasteiger partial charge is 0.0248 e. The molecule has 0 amide bonds. The van der Waals surface area contributed by atoms with Crippen molar-refractivity contribution in [2.24, 2.45) is 5.92 Å². The molecule has 0 bridgehead atoms. The third-order valence-electron chi connectivity index (χ3n) is 2.74. The lowest BCUT2D eigenvalue weighted by Crippen LogP contribution is -1.96. The zero-order valence-electron chi connectivity index (χ0n) is 9.23. The molecule has 2 unspecified atom stereocenters. The molecule has 2 atom stereocenters. The highest BCUT2D eigenvalue weighted by molar-refractivity contribution is 7.79. The lowest BCUT2D eigenvalue weighted by molar-refractivity contribution is 0.516. The molecule has 15 heavy (non-hydrogen) atoms. The molecule has 1 aromatic carbocycles. The minimum absolute atomic E-state index is 0.363. The number of rotatable bonds is 5. The van der Waals surface area contributed by atoms with Crippen LogP contribution < -0.4 is 0 Å². The maximum Gasteiger partial charge on any atom is 0.0248 e. The quantitative estimate of drug-likeness (QED) is 0.723. The fourth-order valence-corrected chi connectivity index (χ4v) is 1.74. The van der Waals surface area contributed by atoms with Crippen molar-refractivity contribution in [2.75, 3.05) is 0 Å². The summed E-state index contributed by atoms with van der Waals surface area (Å²) in [6.45, 7) is 4.43. The average Bonchev–Trinajstić information content (AvgIpc) is 2.26. The molecule has 0 heterocycles. The van der Waals surface area contributed by atoms with E-state index in [0.29, 0.717) is 4.90 Å². The number of hydrogen-bond acceptors (Lipinski definition) is 2. The van der Waals surface area contributed by atoms with Gasteiger partial charge in [0, 0.05) is 4.90 Å². The Morgan fingerprint density at radius 2 is 1.93 bits per heavy atom. The molecule has 0 aromatic heterocycles. The third kappa shape index (κ3) is 4.14. The maximum absolute atomic E-state index is 10.6. The van der Waals surface area contributed by atoms with Gasteiger partial charge in [0.05, 0.1) is 0 Å².